The van der Waals surface area contributed by atoms with Gasteiger partial charge in [0.05, 0.1) is 30.9 Å². The minimum Gasteiger partial charge on any atom is -0.379 e. The molecule has 1 saturated heterocycles. The van der Waals surface area contributed by atoms with Gasteiger partial charge in [-0.3, -0.25) is 4.90 Å². The second kappa shape index (κ2) is 6.88. The number of hydrogen-bond acceptors (Lipinski definition) is 5. The third-order valence-electron chi connectivity index (χ3n) is 3.78. The van der Waals surface area contributed by atoms with Crippen LogP contribution < -0.4 is 0 Å². The molecule has 0 bridgehead atoms. The monoisotopic (exact) mass is 381 g/mol. The number of hydrogen-bond donors (Lipinski definition) is 0. The number of nitrogens with zero attached hydrogens (tertiary/aromatic N) is 3. The number of benzene rings is 1. The fourth-order valence-electron chi connectivity index (χ4n) is 2.47. The Morgan fingerprint density at radius 2 is 1.50 bits per heavy atom. The molecule has 11 heteroatoms. The van der Waals surface area contributed by atoms with Gasteiger partial charge in [-0.05, 0) is 18.2 Å². The zero-order chi connectivity index (χ0) is 18.9. The van der Waals surface area contributed by atoms with E-state index in [1.54, 1.807) is 0 Å². The van der Waals surface area contributed by atoms with Gasteiger partial charge in [-0.15, -0.1) is 0 Å². The van der Waals surface area contributed by atoms with E-state index in [2.05, 4.69) is 10.1 Å². The number of alkyl halides is 6. The highest BCUT2D eigenvalue weighted by Gasteiger charge is 2.37. The molecule has 0 amide bonds. The van der Waals surface area contributed by atoms with Crippen LogP contribution in [0.1, 0.15) is 17.0 Å². The maximum absolute atomic E-state index is 12.9. The average Bonchev–Trinajstić information content (AvgIpc) is 3.02. The van der Waals surface area contributed by atoms with Crippen LogP contribution >= 0.6 is 0 Å². The molecule has 0 N–H and O–H groups in total. The van der Waals surface area contributed by atoms with Gasteiger partial charge in [-0.2, -0.15) is 31.3 Å². The third-order valence-corrected chi connectivity index (χ3v) is 3.78. The van der Waals surface area contributed by atoms with E-state index in [0.717, 1.165) is 0 Å². The molecule has 1 aliphatic rings. The summed E-state index contributed by atoms with van der Waals surface area (Å²) >= 11 is 0. The topological polar surface area (TPSA) is 51.4 Å². The molecule has 3 rings (SSSR count). The second-order valence-electron chi connectivity index (χ2n) is 5.69. The summed E-state index contributed by atoms with van der Waals surface area (Å²) in [6.07, 6.45) is -9.87. The molecule has 142 valence electrons. The van der Waals surface area contributed by atoms with Gasteiger partial charge in [0, 0.05) is 18.7 Å². The van der Waals surface area contributed by atoms with E-state index in [1.807, 2.05) is 4.90 Å². The summed E-state index contributed by atoms with van der Waals surface area (Å²) in [4.78, 5) is 5.85. The maximum Gasteiger partial charge on any atom is 0.416 e. The van der Waals surface area contributed by atoms with Gasteiger partial charge in [-0.25, -0.2) is 0 Å². The molecule has 1 fully saturated rings. The first-order valence-corrected chi connectivity index (χ1v) is 7.55. The van der Waals surface area contributed by atoms with E-state index in [9.17, 15) is 26.3 Å². The minimum atomic E-state index is -4.93. The molecule has 0 radical (unpaired) electrons. The first-order chi connectivity index (χ1) is 12.1. The smallest absolute Gasteiger partial charge is 0.379 e. The lowest BCUT2D eigenvalue weighted by molar-refractivity contribution is -0.143. The van der Waals surface area contributed by atoms with Crippen LogP contribution in [0, 0.1) is 0 Å². The Hall–Kier alpha value is -2.14. The van der Waals surface area contributed by atoms with Gasteiger partial charge in [0.25, 0.3) is 0 Å². The Labute approximate surface area is 143 Å². The average molecular weight is 381 g/mol. The molecular weight excluding hydrogens is 368 g/mol. The number of halogens is 6. The van der Waals surface area contributed by atoms with E-state index in [0.29, 0.717) is 38.4 Å². The van der Waals surface area contributed by atoms with Crippen LogP contribution in [0.25, 0.3) is 11.4 Å². The summed E-state index contributed by atoms with van der Waals surface area (Å²) in [6, 6.07) is 1.19. The molecule has 0 spiro atoms. The highest BCUT2D eigenvalue weighted by Crippen LogP contribution is 2.38. The van der Waals surface area contributed by atoms with Gasteiger partial charge in [0.2, 0.25) is 11.7 Å². The maximum atomic E-state index is 12.9. The molecule has 0 saturated carbocycles. The Bertz CT molecular complexity index is 733. The van der Waals surface area contributed by atoms with Crippen LogP contribution in [0.5, 0.6) is 0 Å². The quantitative estimate of drug-likeness (QED) is 0.761. The van der Waals surface area contributed by atoms with E-state index in [4.69, 9.17) is 9.26 Å². The van der Waals surface area contributed by atoms with E-state index < -0.39 is 29.0 Å². The number of aromatic nitrogens is 2. The van der Waals surface area contributed by atoms with E-state index in [-0.39, 0.29) is 24.3 Å². The second-order valence-corrected chi connectivity index (χ2v) is 5.69. The molecule has 2 heterocycles. The fraction of sp³-hybridized carbons (Fsp3) is 0.467. The molecule has 2 aromatic rings. The number of ether oxygens (including phenoxy) is 1. The zero-order valence-corrected chi connectivity index (χ0v) is 13.2. The summed E-state index contributed by atoms with van der Waals surface area (Å²) in [5.74, 6) is -0.224. The van der Waals surface area contributed by atoms with Crippen LogP contribution in [0.4, 0.5) is 26.3 Å². The van der Waals surface area contributed by atoms with Crippen molar-refractivity contribution in [3.8, 4) is 11.4 Å². The van der Waals surface area contributed by atoms with Gasteiger partial charge < -0.3 is 9.26 Å². The normalized spacial score (nSPS) is 16.8. The lowest BCUT2D eigenvalue weighted by atomic mass is 10.0. The van der Waals surface area contributed by atoms with Gasteiger partial charge in [0.1, 0.15) is 0 Å². The van der Waals surface area contributed by atoms with E-state index in [1.165, 1.54) is 0 Å². The van der Waals surface area contributed by atoms with Crippen molar-refractivity contribution in [2.75, 3.05) is 26.3 Å². The van der Waals surface area contributed by atoms with Crippen LogP contribution in [0.15, 0.2) is 22.7 Å². The van der Waals surface area contributed by atoms with Crippen LogP contribution in [0.2, 0.25) is 0 Å². The zero-order valence-electron chi connectivity index (χ0n) is 13.2. The first kappa shape index (κ1) is 18.6. The van der Waals surface area contributed by atoms with Crippen molar-refractivity contribution >= 4 is 0 Å². The van der Waals surface area contributed by atoms with Crippen LogP contribution in [-0.2, 0) is 23.6 Å². The summed E-state index contributed by atoms with van der Waals surface area (Å²) in [6.45, 7) is 2.49. The Kier molecular flexibility index (Phi) is 4.93. The molecule has 0 unspecified atom stereocenters. The van der Waals surface area contributed by atoms with Crippen molar-refractivity contribution in [1.29, 1.82) is 0 Å². The van der Waals surface area contributed by atoms with Crippen molar-refractivity contribution in [3.05, 3.63) is 35.2 Å². The summed E-state index contributed by atoms with van der Waals surface area (Å²) in [5, 5.41) is 3.52. The Balaban J connectivity index is 1.90. The predicted octanol–water partition coefficient (Wildman–Crippen LogP) is 3.61. The van der Waals surface area contributed by atoms with Crippen molar-refractivity contribution in [2.45, 2.75) is 18.9 Å². The van der Waals surface area contributed by atoms with E-state index >= 15 is 0 Å². The van der Waals surface area contributed by atoms with Crippen LogP contribution in [-0.4, -0.2) is 41.3 Å². The molecule has 0 atom stereocenters. The standard InChI is InChI=1S/C15H13F6N3O2/c16-14(17,18)10-5-9(6-11(7-10)15(19,20)21)13-22-12(26-23-13)8-24-1-3-25-4-2-24/h5-7H,1-4,8H2. The fourth-order valence-corrected chi connectivity index (χ4v) is 2.47. The molecule has 1 aliphatic heterocycles. The lowest BCUT2D eigenvalue weighted by Gasteiger charge is -2.24. The van der Waals surface area contributed by atoms with Gasteiger partial charge in [0.15, 0.2) is 0 Å². The van der Waals surface area contributed by atoms with Crippen molar-refractivity contribution in [3.63, 3.8) is 0 Å². The van der Waals surface area contributed by atoms with Crippen LogP contribution in [0.3, 0.4) is 0 Å². The molecule has 1 aromatic carbocycles. The predicted molar refractivity (Wildman–Crippen MR) is 75.8 cm³/mol. The minimum absolute atomic E-state index is 0.0538. The number of morpholine rings is 1. The largest absolute Gasteiger partial charge is 0.416 e. The Morgan fingerprint density at radius 3 is 2.04 bits per heavy atom. The molecular formula is C15H13F6N3O2. The molecule has 0 aliphatic carbocycles. The Morgan fingerprint density at radius 1 is 0.923 bits per heavy atom. The van der Waals surface area contributed by atoms with Crippen molar-refractivity contribution in [1.82, 2.24) is 15.0 Å². The first-order valence-electron chi connectivity index (χ1n) is 7.55. The summed E-state index contributed by atoms with van der Waals surface area (Å²) < 4.78 is 87.6. The summed E-state index contributed by atoms with van der Waals surface area (Å²) in [7, 11) is 0. The molecule has 5 nitrogen and oxygen atoms in total. The number of rotatable bonds is 3. The summed E-state index contributed by atoms with van der Waals surface area (Å²) in [5.41, 5.74) is -3.27. The van der Waals surface area contributed by atoms with Crippen molar-refractivity contribution in [2.24, 2.45) is 0 Å². The van der Waals surface area contributed by atoms with Gasteiger partial charge in [-0.1, -0.05) is 5.16 Å². The molecule has 1 aromatic heterocycles. The highest BCUT2D eigenvalue weighted by atomic mass is 19.4. The lowest BCUT2D eigenvalue weighted by Crippen LogP contribution is -2.35. The third kappa shape index (κ3) is 4.33. The highest BCUT2D eigenvalue weighted by molar-refractivity contribution is 5.58. The van der Waals surface area contributed by atoms with Gasteiger partial charge >= 0.3 is 12.4 Å². The van der Waals surface area contributed by atoms with Crippen molar-refractivity contribution < 1.29 is 35.6 Å². The SMILES string of the molecule is FC(F)(F)c1cc(-c2noc(CN3CCOCC3)n2)cc(C(F)(F)F)c1. The molecule has 26 heavy (non-hydrogen) atoms.